The Labute approximate surface area is 100 Å². The van der Waals surface area contributed by atoms with Crippen molar-refractivity contribution >= 4 is 6.09 Å². The molecule has 0 radical (unpaired) electrons. The molecule has 0 aliphatic heterocycles. The highest BCUT2D eigenvalue weighted by molar-refractivity contribution is 5.67. The van der Waals surface area contributed by atoms with Crippen LogP contribution in [0.15, 0.2) is 24.3 Å². The van der Waals surface area contributed by atoms with E-state index in [4.69, 9.17) is 14.7 Å². The summed E-state index contributed by atoms with van der Waals surface area (Å²) >= 11 is 0. The highest BCUT2D eigenvalue weighted by Gasteiger charge is 2.08. The van der Waals surface area contributed by atoms with Crippen LogP contribution in [0.5, 0.6) is 5.75 Å². The average Bonchev–Trinajstić information content (AvgIpc) is 2.36. The van der Waals surface area contributed by atoms with E-state index in [1.165, 1.54) is 11.9 Å². The van der Waals surface area contributed by atoms with Gasteiger partial charge in [0.2, 0.25) is 0 Å². The quantitative estimate of drug-likeness (QED) is 0.745. The van der Waals surface area contributed by atoms with Gasteiger partial charge in [0.15, 0.2) is 0 Å². The van der Waals surface area contributed by atoms with Crippen LogP contribution in [-0.2, 0) is 11.3 Å². The molecule has 0 unspecified atom stereocenters. The van der Waals surface area contributed by atoms with Gasteiger partial charge in [-0.3, -0.25) is 4.90 Å². The summed E-state index contributed by atoms with van der Waals surface area (Å²) in [6.45, 7) is 0.194. The number of hydrogen-bond donors (Lipinski definition) is 0. The molecule has 1 rings (SSSR count). The molecule has 0 heterocycles. The van der Waals surface area contributed by atoms with E-state index in [1.54, 1.807) is 19.2 Å². The average molecular weight is 234 g/mol. The monoisotopic (exact) mass is 234 g/mol. The maximum Gasteiger partial charge on any atom is 0.410 e. The molecule has 1 amide bonds. The number of benzene rings is 1. The first-order chi connectivity index (χ1) is 8.17. The van der Waals surface area contributed by atoms with Gasteiger partial charge in [-0.15, -0.1) is 0 Å². The Morgan fingerprint density at radius 3 is 2.59 bits per heavy atom. The first-order valence-corrected chi connectivity index (χ1v) is 5.05. The smallest absolute Gasteiger partial charge is 0.410 e. The van der Waals surface area contributed by atoms with Crippen LogP contribution < -0.4 is 4.74 Å². The van der Waals surface area contributed by atoms with Crippen LogP contribution in [0.1, 0.15) is 5.56 Å². The molecular formula is C12H14N2O3. The van der Waals surface area contributed by atoms with E-state index in [0.717, 1.165) is 11.3 Å². The zero-order valence-electron chi connectivity index (χ0n) is 9.84. The number of methoxy groups -OCH3 is 1. The van der Waals surface area contributed by atoms with Crippen LogP contribution in [0.4, 0.5) is 4.79 Å². The highest BCUT2D eigenvalue weighted by atomic mass is 16.6. The lowest BCUT2D eigenvalue weighted by Gasteiger charge is -2.13. The maximum absolute atomic E-state index is 11.4. The standard InChI is InChI=1S/C12H14N2O3/c1-14(8-7-13)12(15)17-9-10-3-5-11(16-2)6-4-10/h3-6H,8-9H2,1-2H3. The van der Waals surface area contributed by atoms with Crippen LogP contribution in [0.25, 0.3) is 0 Å². The van der Waals surface area contributed by atoms with E-state index in [0.29, 0.717) is 0 Å². The fraction of sp³-hybridized carbons (Fsp3) is 0.333. The molecule has 0 aromatic heterocycles. The first kappa shape index (κ1) is 12.8. The number of rotatable bonds is 4. The Bertz CT molecular complexity index is 409. The molecule has 90 valence electrons. The molecule has 0 atom stereocenters. The van der Waals surface area contributed by atoms with Crippen molar-refractivity contribution in [1.29, 1.82) is 5.26 Å². The topological polar surface area (TPSA) is 62.6 Å². The molecular weight excluding hydrogens is 220 g/mol. The van der Waals surface area contributed by atoms with Crippen molar-refractivity contribution in [3.05, 3.63) is 29.8 Å². The minimum atomic E-state index is -0.512. The van der Waals surface area contributed by atoms with Crippen molar-refractivity contribution in [2.45, 2.75) is 6.61 Å². The molecule has 1 aromatic rings. The summed E-state index contributed by atoms with van der Waals surface area (Å²) in [5.74, 6) is 0.752. The normalized spacial score (nSPS) is 9.24. The lowest BCUT2D eigenvalue weighted by molar-refractivity contribution is 0.108. The number of amides is 1. The zero-order valence-corrected chi connectivity index (χ0v) is 9.84. The van der Waals surface area contributed by atoms with Crippen molar-refractivity contribution in [2.24, 2.45) is 0 Å². The molecule has 0 saturated carbocycles. The van der Waals surface area contributed by atoms with Crippen molar-refractivity contribution in [3.8, 4) is 11.8 Å². The van der Waals surface area contributed by atoms with Gasteiger partial charge in [-0.25, -0.2) is 4.79 Å². The highest BCUT2D eigenvalue weighted by Crippen LogP contribution is 2.12. The molecule has 17 heavy (non-hydrogen) atoms. The van der Waals surface area contributed by atoms with E-state index >= 15 is 0 Å². The lowest BCUT2D eigenvalue weighted by Crippen LogP contribution is -2.27. The largest absolute Gasteiger partial charge is 0.497 e. The van der Waals surface area contributed by atoms with Crippen molar-refractivity contribution < 1.29 is 14.3 Å². The van der Waals surface area contributed by atoms with E-state index < -0.39 is 6.09 Å². The number of hydrogen-bond acceptors (Lipinski definition) is 4. The van der Waals surface area contributed by atoms with Crippen LogP contribution in [0, 0.1) is 11.3 Å². The van der Waals surface area contributed by atoms with Gasteiger partial charge in [0.1, 0.15) is 18.9 Å². The third kappa shape index (κ3) is 4.03. The van der Waals surface area contributed by atoms with E-state index in [9.17, 15) is 4.79 Å². The predicted octanol–water partition coefficient (Wildman–Crippen LogP) is 1.79. The Balaban J connectivity index is 2.44. The molecule has 0 aliphatic rings. The van der Waals surface area contributed by atoms with Crippen LogP contribution in [-0.4, -0.2) is 31.7 Å². The third-order valence-corrected chi connectivity index (χ3v) is 2.14. The van der Waals surface area contributed by atoms with E-state index in [2.05, 4.69) is 0 Å². The lowest BCUT2D eigenvalue weighted by atomic mass is 10.2. The van der Waals surface area contributed by atoms with Gasteiger partial charge in [-0.05, 0) is 17.7 Å². The minimum Gasteiger partial charge on any atom is -0.497 e. The summed E-state index contributed by atoms with van der Waals surface area (Å²) in [7, 11) is 3.10. The molecule has 5 nitrogen and oxygen atoms in total. The predicted molar refractivity (Wildman–Crippen MR) is 61.4 cm³/mol. The maximum atomic E-state index is 11.4. The second-order valence-corrected chi connectivity index (χ2v) is 3.42. The van der Waals surface area contributed by atoms with Crippen LogP contribution in [0.2, 0.25) is 0 Å². The van der Waals surface area contributed by atoms with Gasteiger partial charge >= 0.3 is 6.09 Å². The first-order valence-electron chi connectivity index (χ1n) is 5.05. The fourth-order valence-corrected chi connectivity index (χ4v) is 1.15. The minimum absolute atomic E-state index is 0.0153. The van der Waals surface area contributed by atoms with Crippen LogP contribution in [0.3, 0.4) is 0 Å². The molecule has 0 bridgehead atoms. The fourth-order valence-electron chi connectivity index (χ4n) is 1.15. The van der Waals surface area contributed by atoms with Crippen LogP contribution >= 0.6 is 0 Å². The van der Waals surface area contributed by atoms with Gasteiger partial charge < -0.3 is 9.47 Å². The number of nitriles is 1. The molecule has 0 aliphatic carbocycles. The molecule has 5 heteroatoms. The Morgan fingerprint density at radius 1 is 1.41 bits per heavy atom. The number of nitrogens with zero attached hydrogens (tertiary/aromatic N) is 2. The summed E-state index contributed by atoms with van der Waals surface area (Å²) < 4.78 is 10.0. The van der Waals surface area contributed by atoms with Gasteiger partial charge in [-0.2, -0.15) is 5.26 Å². The molecule has 0 saturated heterocycles. The van der Waals surface area contributed by atoms with Gasteiger partial charge in [-0.1, -0.05) is 12.1 Å². The Kier molecular flexibility index (Phi) is 4.82. The number of carbonyl (C=O) groups excluding carboxylic acids is 1. The number of carbonyl (C=O) groups is 1. The summed E-state index contributed by atoms with van der Waals surface area (Å²) in [6, 6.07) is 9.09. The summed E-state index contributed by atoms with van der Waals surface area (Å²) in [5.41, 5.74) is 0.865. The van der Waals surface area contributed by atoms with Crippen molar-refractivity contribution in [2.75, 3.05) is 20.7 Å². The SMILES string of the molecule is COc1ccc(COC(=O)N(C)CC#N)cc1. The molecule has 1 aromatic carbocycles. The second kappa shape index (κ2) is 6.38. The Morgan fingerprint density at radius 2 is 2.06 bits per heavy atom. The van der Waals surface area contributed by atoms with Gasteiger partial charge in [0.25, 0.3) is 0 Å². The van der Waals surface area contributed by atoms with Crippen molar-refractivity contribution in [1.82, 2.24) is 4.90 Å². The summed E-state index contributed by atoms with van der Waals surface area (Å²) in [4.78, 5) is 12.6. The summed E-state index contributed by atoms with van der Waals surface area (Å²) in [5, 5.41) is 8.42. The van der Waals surface area contributed by atoms with Gasteiger partial charge in [0, 0.05) is 7.05 Å². The molecule has 0 fully saturated rings. The summed E-state index contributed by atoms with van der Waals surface area (Å²) in [6.07, 6.45) is -0.512. The van der Waals surface area contributed by atoms with E-state index in [-0.39, 0.29) is 13.2 Å². The van der Waals surface area contributed by atoms with Gasteiger partial charge in [0.05, 0.1) is 13.2 Å². The zero-order chi connectivity index (χ0) is 12.7. The third-order valence-electron chi connectivity index (χ3n) is 2.14. The molecule has 0 N–H and O–H groups in total. The molecule has 0 spiro atoms. The second-order valence-electron chi connectivity index (χ2n) is 3.42. The number of ether oxygens (including phenoxy) is 2. The van der Waals surface area contributed by atoms with Crippen molar-refractivity contribution in [3.63, 3.8) is 0 Å². The Hall–Kier alpha value is -2.22. The van der Waals surface area contributed by atoms with E-state index in [1.807, 2.05) is 18.2 Å².